The summed E-state index contributed by atoms with van der Waals surface area (Å²) < 4.78 is 5.43. The largest absolute Gasteiger partial charge is 0.495 e. The highest BCUT2D eigenvalue weighted by Crippen LogP contribution is 2.30. The molecule has 2 heterocycles. The molecule has 8 heteroatoms. The maximum absolute atomic E-state index is 12.2. The third kappa shape index (κ3) is 6.13. The molecule has 0 radical (unpaired) electrons. The topological polar surface area (TPSA) is 53.6 Å². The fraction of sp³-hybridized carbons (Fsp3) is 0.588. The van der Waals surface area contributed by atoms with E-state index in [1.54, 1.807) is 7.11 Å². The Bertz CT molecular complexity index is 544. The number of carbonyl (C=O) groups is 1. The summed E-state index contributed by atoms with van der Waals surface area (Å²) in [4.78, 5) is 14.5. The van der Waals surface area contributed by atoms with Crippen LogP contribution in [0.3, 0.4) is 0 Å². The van der Waals surface area contributed by atoms with E-state index in [1.165, 1.54) is 0 Å². The molecule has 5 nitrogen and oxygen atoms in total. The van der Waals surface area contributed by atoms with Gasteiger partial charge in [0.1, 0.15) is 5.75 Å². The number of amides is 1. The summed E-state index contributed by atoms with van der Waals surface area (Å²) in [7, 11) is 1.70. The number of ether oxygens (including phenoxy) is 1. The smallest absolute Gasteiger partial charge is 0.221 e. The molecule has 2 saturated heterocycles. The summed E-state index contributed by atoms with van der Waals surface area (Å²) in [5.41, 5.74) is 1.11. The van der Waals surface area contributed by atoms with Gasteiger partial charge in [-0.2, -0.15) is 11.8 Å². The van der Waals surface area contributed by atoms with Gasteiger partial charge in [-0.1, -0.05) is 12.1 Å². The van der Waals surface area contributed by atoms with E-state index in [0.29, 0.717) is 12.5 Å². The van der Waals surface area contributed by atoms with Crippen LogP contribution in [0, 0.1) is 0 Å². The molecule has 0 saturated carbocycles. The van der Waals surface area contributed by atoms with Gasteiger partial charge >= 0.3 is 0 Å². The van der Waals surface area contributed by atoms with E-state index in [9.17, 15) is 4.79 Å². The average molecular weight is 408 g/mol. The van der Waals surface area contributed by atoms with Crippen molar-refractivity contribution in [2.45, 2.75) is 24.9 Å². The first-order chi connectivity index (χ1) is 11.3. The van der Waals surface area contributed by atoms with E-state index >= 15 is 0 Å². The lowest BCUT2D eigenvalue weighted by molar-refractivity contribution is -0.122. The average Bonchev–Trinajstić information content (AvgIpc) is 3.03. The van der Waals surface area contributed by atoms with Crippen molar-refractivity contribution >= 4 is 48.2 Å². The minimum atomic E-state index is 0. The van der Waals surface area contributed by atoms with Crippen molar-refractivity contribution in [3.8, 4) is 5.75 Å². The number of thioether (sulfide) groups is 1. The molecule has 2 N–H and O–H groups in total. The number of halogens is 2. The van der Waals surface area contributed by atoms with Gasteiger partial charge in [0.2, 0.25) is 5.91 Å². The van der Waals surface area contributed by atoms with Gasteiger partial charge in [-0.15, -0.1) is 24.8 Å². The fourth-order valence-electron chi connectivity index (χ4n) is 3.25. The minimum absolute atomic E-state index is 0. The number of benzene rings is 1. The Morgan fingerprint density at radius 1 is 1.40 bits per heavy atom. The molecule has 1 aromatic carbocycles. The quantitative estimate of drug-likeness (QED) is 0.784. The summed E-state index contributed by atoms with van der Waals surface area (Å²) in [6.07, 6.45) is 1.56. The van der Waals surface area contributed by atoms with Crippen molar-refractivity contribution in [2.24, 2.45) is 0 Å². The summed E-state index contributed by atoms with van der Waals surface area (Å²) in [5, 5.41) is 6.61. The normalized spacial score (nSPS) is 22.5. The van der Waals surface area contributed by atoms with Gasteiger partial charge in [-0.3, -0.25) is 4.79 Å². The molecule has 3 rings (SSSR count). The lowest BCUT2D eigenvalue weighted by Gasteiger charge is -2.24. The van der Waals surface area contributed by atoms with Crippen LogP contribution in [-0.4, -0.2) is 56.2 Å². The first kappa shape index (κ1) is 22.2. The standard InChI is InChI=1S/C17H25N3O2S.2ClH/c1-22-16-5-3-2-4-15(16)20-8-6-13(11-20)19-17(21)10-14-12-23-9-7-18-14;;/h2-5,13-14,18H,6-12H2,1H3,(H,19,21);2*1H. The van der Waals surface area contributed by atoms with Crippen LogP contribution in [0.2, 0.25) is 0 Å². The molecular weight excluding hydrogens is 381 g/mol. The van der Waals surface area contributed by atoms with Crippen LogP contribution in [0.15, 0.2) is 24.3 Å². The Kier molecular flexibility index (Phi) is 9.79. The molecule has 2 atom stereocenters. The van der Waals surface area contributed by atoms with E-state index in [4.69, 9.17) is 4.74 Å². The Labute approximate surface area is 166 Å². The zero-order valence-corrected chi connectivity index (χ0v) is 16.9. The van der Waals surface area contributed by atoms with Crippen molar-refractivity contribution in [2.75, 3.05) is 43.1 Å². The molecule has 25 heavy (non-hydrogen) atoms. The van der Waals surface area contributed by atoms with Gasteiger partial charge in [0.25, 0.3) is 0 Å². The molecule has 142 valence electrons. The minimum Gasteiger partial charge on any atom is -0.495 e. The highest BCUT2D eigenvalue weighted by Gasteiger charge is 2.26. The third-order valence-electron chi connectivity index (χ3n) is 4.41. The van der Waals surface area contributed by atoms with E-state index in [2.05, 4.69) is 21.6 Å². The highest BCUT2D eigenvalue weighted by molar-refractivity contribution is 7.99. The van der Waals surface area contributed by atoms with E-state index in [1.807, 2.05) is 30.0 Å². The van der Waals surface area contributed by atoms with Crippen molar-refractivity contribution < 1.29 is 9.53 Å². The van der Waals surface area contributed by atoms with Crippen molar-refractivity contribution in [3.05, 3.63) is 24.3 Å². The zero-order valence-electron chi connectivity index (χ0n) is 14.4. The third-order valence-corrected chi connectivity index (χ3v) is 5.54. The number of methoxy groups -OCH3 is 1. The number of nitrogens with one attached hydrogen (secondary N) is 2. The Morgan fingerprint density at radius 2 is 2.20 bits per heavy atom. The molecule has 2 aliphatic heterocycles. The van der Waals surface area contributed by atoms with Crippen molar-refractivity contribution in [1.29, 1.82) is 0 Å². The van der Waals surface area contributed by atoms with Gasteiger partial charge in [0.05, 0.1) is 12.8 Å². The van der Waals surface area contributed by atoms with Crippen LogP contribution in [0.25, 0.3) is 0 Å². The number of anilines is 1. The predicted molar refractivity (Wildman–Crippen MR) is 110 cm³/mol. The highest BCUT2D eigenvalue weighted by atomic mass is 35.5. The summed E-state index contributed by atoms with van der Waals surface area (Å²) in [6, 6.07) is 8.60. The van der Waals surface area contributed by atoms with Gasteiger partial charge in [0.15, 0.2) is 0 Å². The molecule has 0 aliphatic carbocycles. The number of hydrogen-bond donors (Lipinski definition) is 2. The molecule has 0 bridgehead atoms. The second kappa shape index (κ2) is 11.0. The van der Waals surface area contributed by atoms with Crippen LogP contribution in [0.4, 0.5) is 5.69 Å². The molecule has 1 amide bonds. The second-order valence-corrected chi connectivity index (χ2v) is 7.25. The first-order valence-corrected chi connectivity index (χ1v) is 9.40. The number of carbonyl (C=O) groups excluding carboxylic acids is 1. The van der Waals surface area contributed by atoms with Crippen molar-refractivity contribution in [3.63, 3.8) is 0 Å². The molecule has 0 spiro atoms. The Hall–Kier alpha value is -0.820. The molecule has 1 aromatic rings. The van der Waals surface area contributed by atoms with Gasteiger partial charge in [-0.25, -0.2) is 0 Å². The lowest BCUT2D eigenvalue weighted by atomic mass is 10.2. The number of nitrogens with zero attached hydrogens (tertiary/aromatic N) is 1. The molecular formula is C17H27Cl2N3O2S. The number of para-hydroxylation sites is 2. The Morgan fingerprint density at radius 3 is 2.92 bits per heavy atom. The van der Waals surface area contributed by atoms with Crippen molar-refractivity contribution in [1.82, 2.24) is 10.6 Å². The van der Waals surface area contributed by atoms with Crippen LogP contribution in [-0.2, 0) is 4.79 Å². The molecule has 2 fully saturated rings. The number of rotatable bonds is 5. The van der Waals surface area contributed by atoms with Gasteiger partial charge < -0.3 is 20.3 Å². The maximum Gasteiger partial charge on any atom is 0.221 e. The first-order valence-electron chi connectivity index (χ1n) is 8.24. The molecule has 2 unspecified atom stereocenters. The SMILES string of the molecule is COc1ccccc1N1CCC(NC(=O)CC2CSCCN2)C1.Cl.Cl. The summed E-state index contributed by atoms with van der Waals surface area (Å²) in [6.45, 7) is 2.80. The van der Waals surface area contributed by atoms with E-state index < -0.39 is 0 Å². The predicted octanol–water partition coefficient (Wildman–Crippen LogP) is 2.33. The summed E-state index contributed by atoms with van der Waals surface area (Å²) in [5.74, 6) is 3.24. The monoisotopic (exact) mass is 407 g/mol. The number of hydrogen-bond acceptors (Lipinski definition) is 5. The fourth-order valence-corrected chi connectivity index (χ4v) is 4.20. The van der Waals surface area contributed by atoms with Crippen LogP contribution in [0.1, 0.15) is 12.8 Å². The van der Waals surface area contributed by atoms with Gasteiger partial charge in [0, 0.05) is 49.6 Å². The Balaban J connectivity index is 0.00000156. The maximum atomic E-state index is 12.2. The van der Waals surface area contributed by atoms with Crippen LogP contribution >= 0.6 is 36.6 Å². The van der Waals surface area contributed by atoms with Crippen LogP contribution < -0.4 is 20.3 Å². The second-order valence-electron chi connectivity index (χ2n) is 6.10. The summed E-state index contributed by atoms with van der Waals surface area (Å²) >= 11 is 1.92. The zero-order chi connectivity index (χ0) is 16.1. The van der Waals surface area contributed by atoms with E-state index in [-0.39, 0.29) is 36.8 Å². The van der Waals surface area contributed by atoms with E-state index in [0.717, 1.165) is 49.0 Å². The van der Waals surface area contributed by atoms with Crippen LogP contribution in [0.5, 0.6) is 5.75 Å². The van der Waals surface area contributed by atoms with Gasteiger partial charge in [-0.05, 0) is 18.6 Å². The lowest BCUT2D eigenvalue weighted by Crippen LogP contribution is -2.44. The molecule has 2 aliphatic rings. The molecule has 0 aromatic heterocycles.